The number of alkyl halides is 2. The van der Waals surface area contributed by atoms with Crippen molar-refractivity contribution in [3.8, 4) is 0 Å². The molecular weight excluding hydrogens is 342 g/mol. The third-order valence-corrected chi connectivity index (χ3v) is 5.19. The number of anilines is 1. The molecule has 6 heteroatoms. The van der Waals surface area contributed by atoms with E-state index in [0.29, 0.717) is 22.3 Å². The molecule has 1 N–H and O–H groups in total. The molecule has 0 aromatic heterocycles. The van der Waals surface area contributed by atoms with Gasteiger partial charge in [-0.05, 0) is 43.1 Å². The summed E-state index contributed by atoms with van der Waals surface area (Å²) in [5.41, 5.74) is 3.03. The maximum Gasteiger partial charge on any atom is 0.288 e. The molecule has 1 aliphatic rings. The highest BCUT2D eigenvalue weighted by atomic mass is 32.2. The Balaban J connectivity index is 1.64. The number of amides is 1. The molecule has 0 aliphatic heterocycles. The molecule has 2 aromatic rings. The Kier molecular flexibility index (Phi) is 5.71. The standard InChI is InChI=1S/C19H20F2N2OS/c1-23(16-11-10-13-6-2-3-7-14(13)16)12-18(24)22-15-8-4-5-9-17(15)25-19(20)21/h2-9,16,19H,10-12H2,1H3,(H,22,24)/t16-/m1/s1. The van der Waals surface area contributed by atoms with Crippen LogP contribution in [0.5, 0.6) is 0 Å². The molecule has 1 atom stereocenters. The monoisotopic (exact) mass is 362 g/mol. The van der Waals surface area contributed by atoms with Crippen molar-refractivity contribution in [2.75, 3.05) is 18.9 Å². The summed E-state index contributed by atoms with van der Waals surface area (Å²) in [4.78, 5) is 14.8. The van der Waals surface area contributed by atoms with Gasteiger partial charge in [0.1, 0.15) is 0 Å². The lowest BCUT2D eigenvalue weighted by atomic mass is 10.1. The number of hydrogen-bond acceptors (Lipinski definition) is 3. The maximum atomic E-state index is 12.6. The van der Waals surface area contributed by atoms with Gasteiger partial charge in [0.05, 0.1) is 12.2 Å². The minimum absolute atomic E-state index is 0.200. The quantitative estimate of drug-likeness (QED) is 0.765. The highest BCUT2D eigenvalue weighted by Gasteiger charge is 2.26. The predicted molar refractivity (Wildman–Crippen MR) is 97.1 cm³/mol. The molecule has 132 valence electrons. The molecule has 0 saturated heterocycles. The molecule has 3 nitrogen and oxygen atoms in total. The Morgan fingerprint density at radius 1 is 1.24 bits per heavy atom. The van der Waals surface area contributed by atoms with E-state index in [1.54, 1.807) is 24.3 Å². The first kappa shape index (κ1) is 17.9. The van der Waals surface area contributed by atoms with Crippen LogP contribution in [0.1, 0.15) is 23.6 Å². The van der Waals surface area contributed by atoms with Crippen LogP contribution in [-0.4, -0.2) is 30.2 Å². The number of nitrogens with zero attached hydrogens (tertiary/aromatic N) is 1. The number of rotatable bonds is 6. The Morgan fingerprint density at radius 2 is 1.96 bits per heavy atom. The number of benzene rings is 2. The van der Waals surface area contributed by atoms with Crippen LogP contribution in [0.15, 0.2) is 53.4 Å². The second kappa shape index (κ2) is 7.97. The predicted octanol–water partition coefficient (Wildman–Crippen LogP) is 4.56. The molecule has 0 fully saturated rings. The fraction of sp³-hybridized carbons (Fsp3) is 0.316. The van der Waals surface area contributed by atoms with Crippen molar-refractivity contribution < 1.29 is 13.6 Å². The zero-order valence-corrected chi connectivity index (χ0v) is 14.7. The first-order chi connectivity index (χ1) is 12.0. The SMILES string of the molecule is CN(CC(=O)Nc1ccccc1SC(F)F)[C@@H]1CCc2ccccc21. The van der Waals surface area contributed by atoms with Gasteiger partial charge in [-0.3, -0.25) is 9.69 Å². The smallest absolute Gasteiger partial charge is 0.288 e. The number of hydrogen-bond donors (Lipinski definition) is 1. The molecule has 2 aromatic carbocycles. The van der Waals surface area contributed by atoms with Crippen LogP contribution < -0.4 is 5.32 Å². The molecule has 1 amide bonds. The van der Waals surface area contributed by atoms with Gasteiger partial charge in [0.15, 0.2) is 0 Å². The zero-order valence-electron chi connectivity index (χ0n) is 13.9. The third-order valence-electron chi connectivity index (χ3n) is 4.40. The molecular formula is C19H20F2N2OS. The van der Waals surface area contributed by atoms with E-state index < -0.39 is 5.76 Å². The normalized spacial score (nSPS) is 16.3. The minimum Gasteiger partial charge on any atom is -0.324 e. The van der Waals surface area contributed by atoms with E-state index in [1.165, 1.54) is 11.1 Å². The van der Waals surface area contributed by atoms with E-state index in [2.05, 4.69) is 17.4 Å². The van der Waals surface area contributed by atoms with E-state index in [1.807, 2.05) is 24.1 Å². The lowest BCUT2D eigenvalue weighted by Gasteiger charge is -2.24. The average Bonchev–Trinajstić information content (AvgIpc) is 3.00. The number of likely N-dealkylation sites (N-methyl/N-ethyl adjacent to an activating group) is 1. The van der Waals surface area contributed by atoms with E-state index in [9.17, 15) is 13.6 Å². The van der Waals surface area contributed by atoms with E-state index >= 15 is 0 Å². The van der Waals surface area contributed by atoms with Gasteiger partial charge in [-0.2, -0.15) is 8.78 Å². The maximum absolute atomic E-state index is 12.6. The van der Waals surface area contributed by atoms with Gasteiger partial charge < -0.3 is 5.32 Å². The summed E-state index contributed by atoms with van der Waals surface area (Å²) < 4.78 is 25.3. The van der Waals surface area contributed by atoms with Crippen LogP contribution in [0.4, 0.5) is 14.5 Å². The number of carbonyl (C=O) groups is 1. The van der Waals surface area contributed by atoms with Crippen LogP contribution in [0.25, 0.3) is 0 Å². The van der Waals surface area contributed by atoms with Crippen molar-refractivity contribution in [3.05, 3.63) is 59.7 Å². The van der Waals surface area contributed by atoms with Crippen LogP contribution in [0, 0.1) is 0 Å². The van der Waals surface area contributed by atoms with Crippen LogP contribution in [0.2, 0.25) is 0 Å². The van der Waals surface area contributed by atoms with Crippen molar-refractivity contribution in [1.82, 2.24) is 4.90 Å². The lowest BCUT2D eigenvalue weighted by molar-refractivity contribution is -0.117. The molecule has 0 heterocycles. The summed E-state index contributed by atoms with van der Waals surface area (Å²) in [6.45, 7) is 0.215. The van der Waals surface area contributed by atoms with Gasteiger partial charge in [-0.15, -0.1) is 0 Å². The highest BCUT2D eigenvalue weighted by Crippen LogP contribution is 2.35. The van der Waals surface area contributed by atoms with Crippen molar-refractivity contribution in [2.24, 2.45) is 0 Å². The summed E-state index contributed by atoms with van der Waals surface area (Å²) in [5.74, 6) is -2.72. The number of carbonyl (C=O) groups excluding carboxylic acids is 1. The first-order valence-corrected chi connectivity index (χ1v) is 9.04. The van der Waals surface area contributed by atoms with Crippen molar-refractivity contribution in [2.45, 2.75) is 29.5 Å². The summed E-state index contributed by atoms with van der Waals surface area (Å²) >= 11 is 0.440. The van der Waals surface area contributed by atoms with Crippen LogP contribution in [-0.2, 0) is 11.2 Å². The molecule has 0 radical (unpaired) electrons. The van der Waals surface area contributed by atoms with Gasteiger partial charge in [-0.25, -0.2) is 0 Å². The summed E-state index contributed by atoms with van der Waals surface area (Å²) in [6, 6.07) is 15.1. The average molecular weight is 362 g/mol. The van der Waals surface area contributed by atoms with Crippen LogP contribution >= 0.6 is 11.8 Å². The van der Waals surface area contributed by atoms with Gasteiger partial charge >= 0.3 is 0 Å². The number of nitrogens with one attached hydrogen (secondary N) is 1. The van der Waals surface area contributed by atoms with Crippen molar-refractivity contribution in [3.63, 3.8) is 0 Å². The molecule has 0 spiro atoms. The fourth-order valence-corrected chi connectivity index (χ4v) is 3.88. The number of halogens is 2. The highest BCUT2D eigenvalue weighted by molar-refractivity contribution is 7.99. The van der Waals surface area contributed by atoms with Gasteiger partial charge in [0, 0.05) is 10.9 Å². The van der Waals surface area contributed by atoms with E-state index in [-0.39, 0.29) is 18.5 Å². The first-order valence-electron chi connectivity index (χ1n) is 8.16. The second-order valence-electron chi connectivity index (χ2n) is 6.09. The third kappa shape index (κ3) is 4.38. The molecule has 3 rings (SSSR count). The summed E-state index contributed by atoms with van der Waals surface area (Å²) in [7, 11) is 1.92. The molecule has 0 bridgehead atoms. The topological polar surface area (TPSA) is 32.3 Å². The largest absolute Gasteiger partial charge is 0.324 e. The molecule has 1 aliphatic carbocycles. The van der Waals surface area contributed by atoms with Crippen LogP contribution in [0.3, 0.4) is 0 Å². The molecule has 25 heavy (non-hydrogen) atoms. The van der Waals surface area contributed by atoms with E-state index in [0.717, 1.165) is 12.8 Å². The minimum atomic E-state index is -2.52. The van der Waals surface area contributed by atoms with Gasteiger partial charge in [-0.1, -0.05) is 48.2 Å². The summed E-state index contributed by atoms with van der Waals surface area (Å²) in [5, 5.41) is 2.76. The number of thioether (sulfide) groups is 1. The van der Waals surface area contributed by atoms with Crippen molar-refractivity contribution >= 4 is 23.4 Å². The van der Waals surface area contributed by atoms with Gasteiger partial charge in [0.2, 0.25) is 5.91 Å². The molecule has 0 unspecified atom stereocenters. The Hall–Kier alpha value is -1.92. The Bertz CT molecular complexity index is 754. The van der Waals surface area contributed by atoms with Crippen molar-refractivity contribution in [1.29, 1.82) is 0 Å². The number of aryl methyl sites for hydroxylation is 1. The number of fused-ring (bicyclic) bond motifs is 1. The van der Waals surface area contributed by atoms with E-state index in [4.69, 9.17) is 0 Å². The zero-order chi connectivity index (χ0) is 17.8. The Morgan fingerprint density at radius 3 is 2.76 bits per heavy atom. The van der Waals surface area contributed by atoms with Gasteiger partial charge in [0.25, 0.3) is 5.76 Å². The lowest BCUT2D eigenvalue weighted by Crippen LogP contribution is -2.32. The fourth-order valence-electron chi connectivity index (χ4n) is 3.29. The second-order valence-corrected chi connectivity index (χ2v) is 7.12. The Labute approximate surface area is 150 Å². The molecule has 0 saturated carbocycles. The number of para-hydroxylation sites is 1. The summed E-state index contributed by atoms with van der Waals surface area (Å²) in [6.07, 6.45) is 2.00.